The molecule has 0 unspecified atom stereocenters. The topological polar surface area (TPSA) is 70.7 Å². The molecule has 112 valence electrons. The van der Waals surface area contributed by atoms with Crippen molar-refractivity contribution in [3.63, 3.8) is 0 Å². The summed E-state index contributed by atoms with van der Waals surface area (Å²) in [6.07, 6.45) is 4.37. The summed E-state index contributed by atoms with van der Waals surface area (Å²) in [5.41, 5.74) is 2.65. The van der Waals surface area contributed by atoms with Gasteiger partial charge in [-0.25, -0.2) is 0 Å². The first kappa shape index (κ1) is 14.3. The first-order valence-electron chi connectivity index (χ1n) is 7.24. The van der Waals surface area contributed by atoms with Crippen molar-refractivity contribution in [2.45, 2.75) is 46.5 Å². The summed E-state index contributed by atoms with van der Waals surface area (Å²) in [7, 11) is 0. The van der Waals surface area contributed by atoms with Crippen LogP contribution in [0.4, 0.5) is 5.95 Å². The minimum atomic E-state index is -0.500. The zero-order valence-corrected chi connectivity index (χ0v) is 13.3. The molecule has 2 N–H and O–H groups in total. The van der Waals surface area contributed by atoms with E-state index in [-0.39, 0.29) is 11.9 Å². The smallest absolute Gasteiger partial charge is 0.232 e. The third-order valence-corrected chi connectivity index (χ3v) is 4.08. The lowest BCUT2D eigenvalue weighted by molar-refractivity contribution is -0.123. The molecule has 0 fully saturated rings. The van der Waals surface area contributed by atoms with E-state index in [0.29, 0.717) is 10.8 Å². The number of hydrogen-bond acceptors (Lipinski definition) is 3. The number of hydrogen-bond donors (Lipinski definition) is 2. The molecule has 0 aliphatic heterocycles. The molecular formula is C15H19ClN4O. The Kier molecular flexibility index (Phi) is 3.40. The Hall–Kier alpha value is -1.62. The second-order valence-corrected chi connectivity index (χ2v) is 6.91. The van der Waals surface area contributed by atoms with Gasteiger partial charge in [0.2, 0.25) is 11.9 Å². The van der Waals surface area contributed by atoms with Gasteiger partial charge in [0, 0.05) is 11.1 Å². The molecule has 1 amide bonds. The van der Waals surface area contributed by atoms with Gasteiger partial charge in [-0.2, -0.15) is 9.97 Å². The molecule has 0 radical (unpaired) electrons. The highest BCUT2D eigenvalue weighted by Gasteiger charge is 2.24. The van der Waals surface area contributed by atoms with Gasteiger partial charge < -0.3 is 4.98 Å². The Balaban J connectivity index is 2.02. The fraction of sp³-hybridized carbons (Fsp3) is 0.533. The number of fused-ring (bicyclic) bond motifs is 3. The normalized spacial score (nSPS) is 15.0. The Morgan fingerprint density at radius 2 is 1.95 bits per heavy atom. The molecule has 0 saturated heterocycles. The summed E-state index contributed by atoms with van der Waals surface area (Å²) in [4.78, 5) is 24.0. The molecule has 2 aromatic heterocycles. The number of rotatable bonds is 1. The van der Waals surface area contributed by atoms with E-state index in [2.05, 4.69) is 20.3 Å². The molecule has 1 aliphatic carbocycles. The number of carbonyl (C=O) groups excluding carboxylic acids is 1. The number of nitrogens with one attached hydrogen (secondary N) is 2. The van der Waals surface area contributed by atoms with E-state index >= 15 is 0 Å². The van der Waals surface area contributed by atoms with Crippen LogP contribution in [0.15, 0.2) is 0 Å². The molecule has 21 heavy (non-hydrogen) atoms. The summed E-state index contributed by atoms with van der Waals surface area (Å²) in [5.74, 6) is 0.125. The van der Waals surface area contributed by atoms with Crippen LogP contribution in [-0.4, -0.2) is 20.9 Å². The zero-order valence-electron chi connectivity index (χ0n) is 12.5. The van der Waals surface area contributed by atoms with E-state index in [4.69, 9.17) is 11.6 Å². The average Bonchev–Trinajstić information content (AvgIpc) is 2.75. The van der Waals surface area contributed by atoms with E-state index in [0.717, 1.165) is 18.2 Å². The number of amides is 1. The minimum Gasteiger partial charge on any atom is -0.343 e. The number of aromatic amines is 1. The highest BCUT2D eigenvalue weighted by molar-refractivity contribution is 6.34. The van der Waals surface area contributed by atoms with E-state index < -0.39 is 5.41 Å². The summed E-state index contributed by atoms with van der Waals surface area (Å²) in [5, 5.41) is 4.04. The summed E-state index contributed by atoms with van der Waals surface area (Å²) in [6.45, 7) is 5.53. The number of H-pyrrole nitrogens is 1. The maximum absolute atomic E-state index is 12.0. The van der Waals surface area contributed by atoms with E-state index in [1.807, 2.05) is 20.8 Å². The number of nitrogens with zero attached hydrogens (tertiary/aromatic N) is 2. The van der Waals surface area contributed by atoms with Crippen LogP contribution in [0.25, 0.3) is 11.0 Å². The molecule has 6 heteroatoms. The monoisotopic (exact) mass is 306 g/mol. The van der Waals surface area contributed by atoms with Crippen molar-refractivity contribution in [1.29, 1.82) is 0 Å². The van der Waals surface area contributed by atoms with E-state index in [9.17, 15) is 4.79 Å². The highest BCUT2D eigenvalue weighted by Crippen LogP contribution is 2.32. The molecule has 2 heterocycles. The van der Waals surface area contributed by atoms with Crippen LogP contribution in [0.2, 0.25) is 5.15 Å². The Bertz CT molecular complexity index is 715. The summed E-state index contributed by atoms with van der Waals surface area (Å²) in [6, 6.07) is 0. The average molecular weight is 307 g/mol. The van der Waals surface area contributed by atoms with Crippen LogP contribution >= 0.6 is 11.6 Å². The molecule has 1 aliphatic rings. The van der Waals surface area contributed by atoms with Crippen molar-refractivity contribution in [3.05, 3.63) is 16.4 Å². The van der Waals surface area contributed by atoms with Gasteiger partial charge in [-0.05, 0) is 31.2 Å². The molecule has 0 aromatic carbocycles. The fourth-order valence-electron chi connectivity index (χ4n) is 2.60. The lowest BCUT2D eigenvalue weighted by Gasteiger charge is -2.16. The molecule has 3 rings (SSSR count). The van der Waals surface area contributed by atoms with Crippen LogP contribution in [0, 0.1) is 5.41 Å². The Labute approximate surface area is 128 Å². The third kappa shape index (κ3) is 2.62. The van der Waals surface area contributed by atoms with Gasteiger partial charge in [0.15, 0.2) is 0 Å². The minimum absolute atomic E-state index is 0.130. The number of aromatic nitrogens is 3. The van der Waals surface area contributed by atoms with Gasteiger partial charge in [0.1, 0.15) is 10.8 Å². The fourth-order valence-corrected chi connectivity index (χ4v) is 2.88. The number of aryl methyl sites for hydroxylation is 2. The molecule has 5 nitrogen and oxygen atoms in total. The predicted molar refractivity (Wildman–Crippen MR) is 83.6 cm³/mol. The maximum atomic E-state index is 12.0. The lowest BCUT2D eigenvalue weighted by Crippen LogP contribution is -2.28. The second kappa shape index (κ2) is 4.98. The highest BCUT2D eigenvalue weighted by atomic mass is 35.5. The van der Waals surface area contributed by atoms with Crippen LogP contribution < -0.4 is 5.32 Å². The van der Waals surface area contributed by atoms with Gasteiger partial charge in [-0.1, -0.05) is 32.4 Å². The molecular weight excluding hydrogens is 288 g/mol. The van der Waals surface area contributed by atoms with Crippen LogP contribution in [0.1, 0.15) is 44.9 Å². The number of carbonyl (C=O) groups is 1. The SMILES string of the molecule is CC(C)(C)C(=O)Nc1nc(Cl)c2c3c([nH]c2n1)CCCC3. The molecule has 0 bridgehead atoms. The van der Waals surface area contributed by atoms with Gasteiger partial charge in [0.25, 0.3) is 0 Å². The Morgan fingerprint density at radius 3 is 2.67 bits per heavy atom. The van der Waals surface area contributed by atoms with Crippen molar-refractivity contribution in [3.8, 4) is 0 Å². The first-order chi connectivity index (χ1) is 9.86. The maximum Gasteiger partial charge on any atom is 0.232 e. The zero-order chi connectivity index (χ0) is 15.2. The van der Waals surface area contributed by atoms with Gasteiger partial charge in [0.05, 0.1) is 5.39 Å². The quantitative estimate of drug-likeness (QED) is 0.792. The predicted octanol–water partition coefficient (Wildman–Crippen LogP) is 3.47. The van der Waals surface area contributed by atoms with Crippen molar-refractivity contribution in [1.82, 2.24) is 15.0 Å². The van der Waals surface area contributed by atoms with E-state index in [1.54, 1.807) is 0 Å². The Morgan fingerprint density at radius 1 is 1.24 bits per heavy atom. The number of anilines is 1. The first-order valence-corrected chi connectivity index (χ1v) is 7.62. The molecule has 0 atom stereocenters. The summed E-state index contributed by atoms with van der Waals surface area (Å²) >= 11 is 6.32. The van der Waals surface area contributed by atoms with Crippen LogP contribution in [0.5, 0.6) is 0 Å². The third-order valence-electron chi connectivity index (χ3n) is 3.81. The molecule has 0 saturated carbocycles. The second-order valence-electron chi connectivity index (χ2n) is 6.55. The van der Waals surface area contributed by atoms with Gasteiger partial charge in [-0.15, -0.1) is 0 Å². The standard InChI is InChI=1S/C15H19ClN4O/c1-15(2,3)13(21)20-14-18-11(16)10-8-6-4-5-7-9(8)17-12(10)19-14/h4-7H2,1-3H3,(H2,17,18,19,20,21). The van der Waals surface area contributed by atoms with Crippen LogP contribution in [-0.2, 0) is 17.6 Å². The largest absolute Gasteiger partial charge is 0.343 e. The van der Waals surface area contributed by atoms with E-state index in [1.165, 1.54) is 24.1 Å². The number of halogens is 1. The van der Waals surface area contributed by atoms with Crippen molar-refractivity contribution in [2.24, 2.45) is 5.41 Å². The molecule has 0 spiro atoms. The van der Waals surface area contributed by atoms with Crippen molar-refractivity contribution >= 4 is 34.5 Å². The molecule has 2 aromatic rings. The van der Waals surface area contributed by atoms with Gasteiger partial charge >= 0.3 is 0 Å². The van der Waals surface area contributed by atoms with Crippen molar-refractivity contribution in [2.75, 3.05) is 5.32 Å². The lowest BCUT2D eigenvalue weighted by atomic mass is 9.96. The van der Waals surface area contributed by atoms with Crippen LogP contribution in [0.3, 0.4) is 0 Å². The van der Waals surface area contributed by atoms with Crippen molar-refractivity contribution < 1.29 is 4.79 Å². The summed E-state index contributed by atoms with van der Waals surface area (Å²) < 4.78 is 0. The van der Waals surface area contributed by atoms with Gasteiger partial charge in [-0.3, -0.25) is 10.1 Å².